The lowest BCUT2D eigenvalue weighted by molar-refractivity contribution is 0.266. The zero-order chi connectivity index (χ0) is 11.5. The summed E-state index contributed by atoms with van der Waals surface area (Å²) in [5.74, 6) is 1.62. The Morgan fingerprint density at radius 3 is 2.94 bits per heavy atom. The first kappa shape index (κ1) is 11.8. The van der Waals surface area contributed by atoms with Crippen LogP contribution in [0.1, 0.15) is 26.1 Å². The summed E-state index contributed by atoms with van der Waals surface area (Å²) in [5.41, 5.74) is 0. The largest absolute Gasteiger partial charge is 0.360 e. The van der Waals surface area contributed by atoms with Crippen LogP contribution < -0.4 is 5.32 Å². The number of rotatable bonds is 4. The Balaban J connectivity index is 1.75. The van der Waals surface area contributed by atoms with Crippen molar-refractivity contribution in [3.05, 3.63) is 5.82 Å². The first-order chi connectivity index (χ1) is 7.65. The van der Waals surface area contributed by atoms with Gasteiger partial charge in [-0.1, -0.05) is 0 Å². The van der Waals surface area contributed by atoms with E-state index < -0.39 is 0 Å². The Morgan fingerprint density at radius 1 is 1.56 bits per heavy atom. The summed E-state index contributed by atoms with van der Waals surface area (Å²) in [4.78, 5) is 6.85. The SMILES string of the molecule is Cc1nsc(NCC2CCN(C(C)C)C2)n1. The zero-order valence-corrected chi connectivity index (χ0v) is 11.0. The molecule has 1 unspecified atom stereocenters. The molecule has 1 aliphatic heterocycles. The number of likely N-dealkylation sites (tertiary alicyclic amines) is 1. The van der Waals surface area contributed by atoms with Crippen molar-refractivity contribution in [3.8, 4) is 0 Å². The summed E-state index contributed by atoms with van der Waals surface area (Å²) < 4.78 is 4.16. The van der Waals surface area contributed by atoms with Crippen LogP contribution in [0.5, 0.6) is 0 Å². The maximum Gasteiger partial charge on any atom is 0.202 e. The Bertz CT molecular complexity index is 336. The van der Waals surface area contributed by atoms with Crippen LogP contribution in [0.2, 0.25) is 0 Å². The molecule has 1 N–H and O–H groups in total. The fourth-order valence-corrected chi connectivity index (χ4v) is 2.68. The van der Waals surface area contributed by atoms with Crippen molar-refractivity contribution in [3.63, 3.8) is 0 Å². The van der Waals surface area contributed by atoms with E-state index in [0.29, 0.717) is 6.04 Å². The second kappa shape index (κ2) is 5.10. The van der Waals surface area contributed by atoms with Gasteiger partial charge in [0.1, 0.15) is 5.82 Å². The van der Waals surface area contributed by atoms with Gasteiger partial charge in [-0.2, -0.15) is 4.37 Å². The minimum atomic E-state index is 0.675. The van der Waals surface area contributed by atoms with Crippen molar-refractivity contribution in [1.82, 2.24) is 14.3 Å². The minimum Gasteiger partial charge on any atom is -0.360 e. The smallest absolute Gasteiger partial charge is 0.202 e. The van der Waals surface area contributed by atoms with Gasteiger partial charge in [0.25, 0.3) is 0 Å². The summed E-state index contributed by atoms with van der Waals surface area (Å²) in [5, 5.41) is 4.34. The maximum absolute atomic E-state index is 4.31. The lowest BCUT2D eigenvalue weighted by Gasteiger charge is -2.20. The van der Waals surface area contributed by atoms with Gasteiger partial charge in [-0.15, -0.1) is 0 Å². The molecule has 1 saturated heterocycles. The fourth-order valence-electron chi connectivity index (χ4n) is 2.10. The summed E-state index contributed by atoms with van der Waals surface area (Å²) >= 11 is 1.45. The van der Waals surface area contributed by atoms with E-state index in [1.165, 1.54) is 31.0 Å². The molecule has 1 atom stereocenters. The summed E-state index contributed by atoms with van der Waals surface area (Å²) in [6.07, 6.45) is 1.29. The quantitative estimate of drug-likeness (QED) is 0.874. The third kappa shape index (κ3) is 2.92. The monoisotopic (exact) mass is 240 g/mol. The van der Waals surface area contributed by atoms with E-state index >= 15 is 0 Å². The molecule has 0 aromatic carbocycles. The third-order valence-corrected chi connectivity index (χ3v) is 3.88. The normalized spacial score (nSPS) is 21.9. The van der Waals surface area contributed by atoms with E-state index in [2.05, 4.69) is 33.4 Å². The number of hydrogen-bond donors (Lipinski definition) is 1. The van der Waals surface area contributed by atoms with Crippen molar-refractivity contribution >= 4 is 16.7 Å². The number of nitrogens with one attached hydrogen (secondary N) is 1. The Kier molecular flexibility index (Phi) is 3.76. The van der Waals surface area contributed by atoms with Crippen LogP contribution >= 0.6 is 11.5 Å². The standard InChI is InChI=1S/C11H20N4S/c1-8(2)15-5-4-10(7-15)6-12-11-13-9(3)14-16-11/h8,10H,4-7H2,1-3H3,(H,12,13,14). The van der Waals surface area contributed by atoms with Gasteiger partial charge >= 0.3 is 0 Å². The number of hydrogen-bond acceptors (Lipinski definition) is 5. The van der Waals surface area contributed by atoms with Crippen molar-refractivity contribution in [2.75, 3.05) is 25.0 Å². The van der Waals surface area contributed by atoms with Crippen LogP contribution in [0.3, 0.4) is 0 Å². The maximum atomic E-state index is 4.31. The van der Waals surface area contributed by atoms with Gasteiger partial charge in [0.15, 0.2) is 0 Å². The molecule has 1 aromatic rings. The molecule has 16 heavy (non-hydrogen) atoms. The molecular weight excluding hydrogens is 220 g/mol. The predicted octanol–water partition coefficient (Wildman–Crippen LogP) is 1.99. The average molecular weight is 240 g/mol. The van der Waals surface area contributed by atoms with E-state index in [1.54, 1.807) is 0 Å². The summed E-state index contributed by atoms with van der Waals surface area (Å²) in [7, 11) is 0. The molecule has 2 rings (SSSR count). The highest BCUT2D eigenvalue weighted by Crippen LogP contribution is 2.19. The molecule has 1 aliphatic rings. The highest BCUT2D eigenvalue weighted by Gasteiger charge is 2.23. The second-order valence-corrected chi connectivity index (χ2v) is 5.52. The zero-order valence-electron chi connectivity index (χ0n) is 10.2. The molecule has 2 heterocycles. The summed E-state index contributed by atoms with van der Waals surface area (Å²) in [6.45, 7) is 9.94. The van der Waals surface area contributed by atoms with Crippen LogP contribution in [-0.4, -0.2) is 39.9 Å². The lowest BCUT2D eigenvalue weighted by atomic mass is 10.1. The van der Waals surface area contributed by atoms with Gasteiger partial charge in [0, 0.05) is 30.7 Å². The molecule has 0 radical (unpaired) electrons. The second-order valence-electron chi connectivity index (χ2n) is 4.77. The van der Waals surface area contributed by atoms with E-state index in [0.717, 1.165) is 23.4 Å². The topological polar surface area (TPSA) is 41.1 Å². The summed E-state index contributed by atoms with van der Waals surface area (Å²) in [6, 6.07) is 0.675. The van der Waals surface area contributed by atoms with Crippen molar-refractivity contribution in [2.45, 2.75) is 33.2 Å². The van der Waals surface area contributed by atoms with Crippen LogP contribution in [0.4, 0.5) is 5.13 Å². The predicted molar refractivity (Wildman–Crippen MR) is 68.0 cm³/mol. The van der Waals surface area contributed by atoms with Gasteiger partial charge in [-0.05, 0) is 39.7 Å². The van der Waals surface area contributed by atoms with E-state index in [1.807, 2.05) is 6.92 Å². The molecule has 0 bridgehead atoms. The highest BCUT2D eigenvalue weighted by atomic mass is 32.1. The van der Waals surface area contributed by atoms with Gasteiger partial charge in [-0.3, -0.25) is 0 Å². The molecular formula is C11H20N4S. The van der Waals surface area contributed by atoms with Crippen LogP contribution in [0, 0.1) is 12.8 Å². The average Bonchev–Trinajstić information content (AvgIpc) is 2.83. The van der Waals surface area contributed by atoms with E-state index in [-0.39, 0.29) is 0 Å². The first-order valence-electron chi connectivity index (χ1n) is 5.93. The molecule has 0 aliphatic carbocycles. The molecule has 0 spiro atoms. The number of aromatic nitrogens is 2. The van der Waals surface area contributed by atoms with Crippen molar-refractivity contribution in [2.24, 2.45) is 5.92 Å². The molecule has 0 amide bonds. The first-order valence-corrected chi connectivity index (χ1v) is 6.70. The van der Waals surface area contributed by atoms with E-state index in [4.69, 9.17) is 0 Å². The van der Waals surface area contributed by atoms with Crippen molar-refractivity contribution < 1.29 is 0 Å². The molecule has 5 heteroatoms. The van der Waals surface area contributed by atoms with Crippen LogP contribution in [-0.2, 0) is 0 Å². The molecule has 0 saturated carbocycles. The lowest BCUT2D eigenvalue weighted by Crippen LogP contribution is -2.29. The molecule has 4 nitrogen and oxygen atoms in total. The Morgan fingerprint density at radius 2 is 2.38 bits per heavy atom. The van der Waals surface area contributed by atoms with E-state index in [9.17, 15) is 0 Å². The van der Waals surface area contributed by atoms with Gasteiger partial charge < -0.3 is 10.2 Å². The highest BCUT2D eigenvalue weighted by molar-refractivity contribution is 7.09. The van der Waals surface area contributed by atoms with Crippen molar-refractivity contribution in [1.29, 1.82) is 0 Å². The Labute approximate surface area is 101 Å². The van der Waals surface area contributed by atoms with Crippen LogP contribution in [0.15, 0.2) is 0 Å². The van der Waals surface area contributed by atoms with Gasteiger partial charge in [0.2, 0.25) is 5.13 Å². The van der Waals surface area contributed by atoms with Crippen LogP contribution in [0.25, 0.3) is 0 Å². The van der Waals surface area contributed by atoms with Gasteiger partial charge in [-0.25, -0.2) is 4.98 Å². The number of aryl methyl sites for hydroxylation is 1. The Hall–Kier alpha value is -0.680. The third-order valence-electron chi connectivity index (χ3n) is 3.12. The fraction of sp³-hybridized carbons (Fsp3) is 0.818. The number of nitrogens with zero attached hydrogens (tertiary/aromatic N) is 3. The van der Waals surface area contributed by atoms with Gasteiger partial charge in [0.05, 0.1) is 0 Å². The molecule has 1 aromatic heterocycles. The molecule has 1 fully saturated rings. The number of anilines is 1. The molecule has 90 valence electrons. The minimum absolute atomic E-state index is 0.675.